The van der Waals surface area contributed by atoms with Crippen LogP contribution in [0.15, 0.2) is 10.6 Å². The van der Waals surface area contributed by atoms with Crippen molar-refractivity contribution >= 4 is 29.2 Å². The molecule has 1 saturated heterocycles. The van der Waals surface area contributed by atoms with Gasteiger partial charge >= 0.3 is 5.97 Å². The monoisotopic (exact) mass is 251 g/mol. The minimum Gasteiger partial charge on any atom is -0.468 e. The number of methoxy groups -OCH3 is 1. The molecule has 0 amide bonds. The van der Waals surface area contributed by atoms with Gasteiger partial charge < -0.3 is 4.74 Å². The van der Waals surface area contributed by atoms with Gasteiger partial charge in [-0.15, -0.1) is 0 Å². The number of carbonyl (C=O) groups is 1. The second-order valence-electron chi connectivity index (χ2n) is 3.56. The molecule has 0 spiro atoms. The van der Waals surface area contributed by atoms with Crippen LogP contribution in [-0.2, 0) is 9.53 Å². The molecule has 0 aromatic heterocycles. The molecule has 15 heavy (non-hydrogen) atoms. The molecule has 0 aliphatic carbocycles. The van der Waals surface area contributed by atoms with E-state index in [4.69, 9.17) is 27.9 Å². The molecule has 1 aliphatic heterocycles. The van der Waals surface area contributed by atoms with E-state index in [9.17, 15) is 4.79 Å². The van der Waals surface area contributed by atoms with Crippen molar-refractivity contribution in [2.24, 2.45) is 0 Å². The van der Waals surface area contributed by atoms with E-state index in [-0.39, 0.29) is 12.0 Å². The first-order valence-electron chi connectivity index (χ1n) is 4.95. The third kappa shape index (κ3) is 3.67. The van der Waals surface area contributed by atoms with Crippen LogP contribution in [0.3, 0.4) is 0 Å². The highest BCUT2D eigenvalue weighted by Crippen LogP contribution is 2.20. The average Bonchev–Trinajstić information content (AvgIpc) is 2.28. The van der Waals surface area contributed by atoms with Crippen LogP contribution in [0.25, 0.3) is 0 Å². The average molecular weight is 252 g/mol. The molecule has 1 heterocycles. The number of carbonyl (C=O) groups excluding carboxylic acids is 1. The molecule has 1 rings (SSSR count). The highest BCUT2D eigenvalue weighted by molar-refractivity contribution is 6.36. The van der Waals surface area contributed by atoms with Crippen LogP contribution in [0.1, 0.15) is 19.3 Å². The predicted molar refractivity (Wildman–Crippen MR) is 61.0 cm³/mol. The molecule has 1 aliphatic rings. The maximum Gasteiger partial charge on any atom is 0.323 e. The topological polar surface area (TPSA) is 29.5 Å². The largest absolute Gasteiger partial charge is 0.468 e. The number of likely N-dealkylation sites (tertiary alicyclic amines) is 1. The Hall–Kier alpha value is -0.250. The van der Waals surface area contributed by atoms with Crippen LogP contribution in [0.4, 0.5) is 0 Å². The van der Waals surface area contributed by atoms with Gasteiger partial charge in [0.25, 0.3) is 0 Å². The Morgan fingerprint density at radius 2 is 2.33 bits per heavy atom. The lowest BCUT2D eigenvalue weighted by molar-refractivity contribution is -0.148. The van der Waals surface area contributed by atoms with Crippen LogP contribution < -0.4 is 0 Å². The van der Waals surface area contributed by atoms with Gasteiger partial charge in [-0.25, -0.2) is 0 Å². The number of piperidine rings is 1. The SMILES string of the molecule is COC(=O)[C@H]1CCCCN1CC(Cl)=CCl. The summed E-state index contributed by atoms with van der Waals surface area (Å²) in [5, 5.41) is 0.549. The van der Waals surface area contributed by atoms with E-state index in [0.29, 0.717) is 11.6 Å². The Morgan fingerprint density at radius 3 is 2.93 bits per heavy atom. The van der Waals surface area contributed by atoms with Gasteiger partial charge in [-0.3, -0.25) is 9.69 Å². The summed E-state index contributed by atoms with van der Waals surface area (Å²) in [5.41, 5.74) is 1.34. The Labute approximate surface area is 100.0 Å². The first-order chi connectivity index (χ1) is 7.19. The summed E-state index contributed by atoms with van der Waals surface area (Å²) < 4.78 is 4.76. The van der Waals surface area contributed by atoms with Crippen molar-refractivity contribution < 1.29 is 9.53 Å². The third-order valence-electron chi connectivity index (χ3n) is 2.56. The fourth-order valence-corrected chi connectivity index (χ4v) is 2.03. The standard InChI is InChI=1S/C10H15Cl2NO2/c1-15-10(14)9-4-2-3-5-13(9)7-8(12)6-11/h6,9H,2-5,7H2,1H3/t9-/m1/s1. The highest BCUT2D eigenvalue weighted by atomic mass is 35.5. The predicted octanol–water partition coefficient (Wildman–Crippen LogP) is 2.33. The lowest BCUT2D eigenvalue weighted by Crippen LogP contribution is -2.45. The molecule has 0 aromatic carbocycles. The van der Waals surface area contributed by atoms with Crippen molar-refractivity contribution in [3.8, 4) is 0 Å². The van der Waals surface area contributed by atoms with Crippen LogP contribution in [0, 0.1) is 0 Å². The van der Waals surface area contributed by atoms with Gasteiger partial charge in [0.05, 0.1) is 7.11 Å². The number of hydrogen-bond donors (Lipinski definition) is 0. The van der Waals surface area contributed by atoms with Crippen LogP contribution in [0.5, 0.6) is 0 Å². The number of halogens is 2. The van der Waals surface area contributed by atoms with Crippen molar-refractivity contribution in [2.45, 2.75) is 25.3 Å². The number of hydrogen-bond acceptors (Lipinski definition) is 3. The number of nitrogens with zero attached hydrogens (tertiary/aromatic N) is 1. The van der Waals surface area contributed by atoms with Gasteiger partial charge in [-0.1, -0.05) is 29.6 Å². The quantitative estimate of drug-likeness (QED) is 0.722. The van der Waals surface area contributed by atoms with Crippen LogP contribution in [-0.4, -0.2) is 37.1 Å². The molecule has 0 aromatic rings. The van der Waals surface area contributed by atoms with Gasteiger partial charge in [0.2, 0.25) is 0 Å². The summed E-state index contributed by atoms with van der Waals surface area (Å²) in [6.45, 7) is 1.38. The summed E-state index contributed by atoms with van der Waals surface area (Å²) in [6.07, 6.45) is 2.97. The molecule has 3 nitrogen and oxygen atoms in total. The van der Waals surface area contributed by atoms with Crippen LogP contribution >= 0.6 is 23.2 Å². The molecule has 1 atom stereocenters. The normalized spacial score (nSPS) is 23.9. The van der Waals surface area contributed by atoms with Crippen molar-refractivity contribution in [1.29, 1.82) is 0 Å². The minimum atomic E-state index is -0.186. The zero-order chi connectivity index (χ0) is 11.3. The maximum atomic E-state index is 11.5. The first kappa shape index (κ1) is 12.8. The zero-order valence-electron chi connectivity index (χ0n) is 8.71. The highest BCUT2D eigenvalue weighted by Gasteiger charge is 2.29. The minimum absolute atomic E-state index is 0.172. The maximum absolute atomic E-state index is 11.5. The molecular weight excluding hydrogens is 237 g/mol. The second kappa shape index (κ2) is 6.36. The molecule has 0 unspecified atom stereocenters. The van der Waals surface area contributed by atoms with E-state index in [1.54, 1.807) is 0 Å². The van der Waals surface area contributed by atoms with E-state index in [2.05, 4.69) is 0 Å². The second-order valence-corrected chi connectivity index (χ2v) is 4.26. The summed E-state index contributed by atoms with van der Waals surface area (Å²) >= 11 is 11.3. The van der Waals surface area contributed by atoms with Crippen molar-refractivity contribution in [2.75, 3.05) is 20.2 Å². The molecule has 0 bridgehead atoms. The summed E-state index contributed by atoms with van der Waals surface area (Å²) in [5.74, 6) is -0.186. The van der Waals surface area contributed by atoms with E-state index in [1.807, 2.05) is 4.90 Å². The smallest absolute Gasteiger partial charge is 0.323 e. The molecule has 0 saturated carbocycles. The molecule has 86 valence electrons. The fourth-order valence-electron chi connectivity index (χ4n) is 1.81. The third-order valence-corrected chi connectivity index (χ3v) is 3.16. The van der Waals surface area contributed by atoms with E-state index < -0.39 is 0 Å². The number of esters is 1. The zero-order valence-corrected chi connectivity index (χ0v) is 10.2. The van der Waals surface area contributed by atoms with E-state index in [0.717, 1.165) is 25.8 Å². The van der Waals surface area contributed by atoms with Gasteiger partial charge in [0.1, 0.15) is 6.04 Å². The molecule has 0 N–H and O–H groups in total. The van der Waals surface area contributed by atoms with Gasteiger partial charge in [-0.05, 0) is 19.4 Å². The fraction of sp³-hybridized carbons (Fsp3) is 0.700. The number of rotatable bonds is 3. The Kier molecular flexibility index (Phi) is 5.43. The summed E-state index contributed by atoms with van der Waals surface area (Å²) in [4.78, 5) is 13.5. The van der Waals surface area contributed by atoms with Gasteiger partial charge in [0.15, 0.2) is 0 Å². The Morgan fingerprint density at radius 1 is 1.60 bits per heavy atom. The van der Waals surface area contributed by atoms with Crippen molar-refractivity contribution in [1.82, 2.24) is 4.90 Å². The summed E-state index contributed by atoms with van der Waals surface area (Å²) in [6, 6.07) is -0.172. The number of ether oxygens (including phenoxy) is 1. The molecular formula is C10H15Cl2NO2. The van der Waals surface area contributed by atoms with Crippen molar-refractivity contribution in [3.05, 3.63) is 10.6 Å². The lowest BCUT2D eigenvalue weighted by Gasteiger charge is -2.33. The molecule has 1 fully saturated rings. The molecule has 0 radical (unpaired) electrons. The first-order valence-corrected chi connectivity index (χ1v) is 5.77. The van der Waals surface area contributed by atoms with Gasteiger partial charge in [-0.2, -0.15) is 0 Å². The van der Waals surface area contributed by atoms with Crippen molar-refractivity contribution in [3.63, 3.8) is 0 Å². The Balaban J connectivity index is 2.61. The molecule has 5 heteroatoms. The van der Waals surface area contributed by atoms with E-state index >= 15 is 0 Å². The van der Waals surface area contributed by atoms with Gasteiger partial charge in [0, 0.05) is 17.1 Å². The summed E-state index contributed by atoms with van der Waals surface area (Å²) in [7, 11) is 1.41. The van der Waals surface area contributed by atoms with E-state index in [1.165, 1.54) is 12.6 Å². The lowest BCUT2D eigenvalue weighted by atomic mass is 10.0. The van der Waals surface area contributed by atoms with Crippen LogP contribution in [0.2, 0.25) is 0 Å². The Bertz CT molecular complexity index is 256.